The van der Waals surface area contributed by atoms with Gasteiger partial charge in [0.25, 0.3) is 11.6 Å². The summed E-state index contributed by atoms with van der Waals surface area (Å²) in [4.78, 5) is 22.7. The Morgan fingerprint density at radius 1 is 1.67 bits per heavy atom. The molecule has 8 heteroatoms. The van der Waals surface area contributed by atoms with Gasteiger partial charge in [-0.05, 0) is 20.3 Å². The molecule has 0 aliphatic heterocycles. The molecular formula is C10H16ClN3O3S. The van der Waals surface area contributed by atoms with Crippen molar-refractivity contribution in [2.45, 2.75) is 26.3 Å². The zero-order chi connectivity index (χ0) is 13.0. The Morgan fingerprint density at radius 2 is 2.28 bits per heavy atom. The Bertz CT molecular complexity index is 434. The summed E-state index contributed by atoms with van der Waals surface area (Å²) < 4.78 is 0. The van der Waals surface area contributed by atoms with E-state index in [2.05, 4.69) is 5.32 Å². The Kier molecular flexibility index (Phi) is 6.82. The largest absolute Gasteiger partial charge is 0.351 e. The van der Waals surface area contributed by atoms with Crippen LogP contribution in [0, 0.1) is 17.0 Å². The summed E-state index contributed by atoms with van der Waals surface area (Å²) in [7, 11) is 0. The standard InChI is InChI=1S/C10H15N3O3S.ClH/c1-6(11)3-4-12-10(14)9-5-8(13(15)16)7(2)17-9;/h5-6H,3-4,11H2,1-2H3,(H,12,14);1H. The van der Waals surface area contributed by atoms with Crippen molar-refractivity contribution in [2.75, 3.05) is 6.54 Å². The van der Waals surface area contributed by atoms with Gasteiger partial charge in [-0.1, -0.05) is 0 Å². The smallest absolute Gasteiger partial charge is 0.283 e. The van der Waals surface area contributed by atoms with Crippen LogP contribution in [-0.2, 0) is 0 Å². The molecule has 0 aromatic carbocycles. The van der Waals surface area contributed by atoms with E-state index in [0.29, 0.717) is 22.7 Å². The number of hydrogen-bond donors (Lipinski definition) is 2. The highest BCUT2D eigenvalue weighted by molar-refractivity contribution is 7.14. The zero-order valence-corrected chi connectivity index (χ0v) is 11.8. The lowest BCUT2D eigenvalue weighted by Crippen LogP contribution is -2.28. The van der Waals surface area contributed by atoms with Crippen molar-refractivity contribution in [2.24, 2.45) is 5.73 Å². The fourth-order valence-corrected chi connectivity index (χ4v) is 2.17. The van der Waals surface area contributed by atoms with Crippen molar-refractivity contribution in [3.8, 4) is 0 Å². The highest BCUT2D eigenvalue weighted by Gasteiger charge is 2.19. The third-order valence-corrected chi connectivity index (χ3v) is 3.24. The number of nitrogens with two attached hydrogens (primary N) is 1. The second-order valence-electron chi connectivity index (χ2n) is 3.83. The van der Waals surface area contributed by atoms with Crippen LogP contribution in [-0.4, -0.2) is 23.4 Å². The number of carbonyl (C=O) groups excluding carboxylic acids is 1. The summed E-state index contributed by atoms with van der Waals surface area (Å²) in [6.07, 6.45) is 0.679. The van der Waals surface area contributed by atoms with E-state index in [-0.39, 0.29) is 30.0 Å². The highest BCUT2D eigenvalue weighted by atomic mass is 35.5. The number of amides is 1. The molecule has 1 atom stereocenters. The minimum absolute atomic E-state index is 0. The number of hydrogen-bond acceptors (Lipinski definition) is 5. The topological polar surface area (TPSA) is 98.3 Å². The van der Waals surface area contributed by atoms with Crippen molar-refractivity contribution in [3.05, 3.63) is 25.9 Å². The third kappa shape index (κ3) is 4.59. The van der Waals surface area contributed by atoms with Crippen LogP contribution in [0.4, 0.5) is 5.69 Å². The number of carbonyl (C=O) groups is 1. The molecule has 0 fully saturated rings. The first-order valence-electron chi connectivity index (χ1n) is 5.20. The molecule has 102 valence electrons. The molecule has 18 heavy (non-hydrogen) atoms. The van der Waals surface area contributed by atoms with Gasteiger partial charge in [0.1, 0.15) is 0 Å². The maximum absolute atomic E-state index is 11.7. The van der Waals surface area contributed by atoms with Gasteiger partial charge in [-0.3, -0.25) is 14.9 Å². The molecule has 0 spiro atoms. The van der Waals surface area contributed by atoms with E-state index < -0.39 is 4.92 Å². The van der Waals surface area contributed by atoms with Gasteiger partial charge >= 0.3 is 0 Å². The van der Waals surface area contributed by atoms with Crippen LogP contribution in [0.15, 0.2) is 6.07 Å². The SMILES string of the molecule is Cc1sc(C(=O)NCCC(C)N)cc1[N+](=O)[O-].Cl. The molecule has 0 bridgehead atoms. The Hall–Kier alpha value is -1.18. The summed E-state index contributed by atoms with van der Waals surface area (Å²) >= 11 is 1.12. The number of nitro groups is 1. The van der Waals surface area contributed by atoms with Crippen molar-refractivity contribution in [1.82, 2.24) is 5.32 Å². The summed E-state index contributed by atoms with van der Waals surface area (Å²) in [5, 5.41) is 13.3. The van der Waals surface area contributed by atoms with Crippen molar-refractivity contribution < 1.29 is 9.72 Å². The van der Waals surface area contributed by atoms with Crippen molar-refractivity contribution in [1.29, 1.82) is 0 Å². The third-order valence-electron chi connectivity index (χ3n) is 2.20. The van der Waals surface area contributed by atoms with Gasteiger partial charge < -0.3 is 11.1 Å². The molecule has 1 aromatic rings. The van der Waals surface area contributed by atoms with Crippen LogP contribution >= 0.6 is 23.7 Å². The molecule has 1 aromatic heterocycles. The molecule has 1 amide bonds. The van der Waals surface area contributed by atoms with E-state index in [0.717, 1.165) is 11.3 Å². The maximum Gasteiger partial charge on any atom is 0.283 e. The minimum Gasteiger partial charge on any atom is -0.351 e. The molecule has 1 heterocycles. The maximum atomic E-state index is 11.7. The van der Waals surface area contributed by atoms with Gasteiger partial charge in [0.2, 0.25) is 0 Å². The molecule has 0 aliphatic carbocycles. The summed E-state index contributed by atoms with van der Waals surface area (Å²) in [6.45, 7) is 3.95. The van der Waals surface area contributed by atoms with Crippen LogP contribution in [0.3, 0.4) is 0 Å². The number of nitrogens with one attached hydrogen (secondary N) is 1. The lowest BCUT2D eigenvalue weighted by molar-refractivity contribution is -0.385. The van der Waals surface area contributed by atoms with E-state index >= 15 is 0 Å². The first kappa shape index (κ1) is 16.8. The minimum atomic E-state index is -0.482. The first-order valence-corrected chi connectivity index (χ1v) is 6.02. The monoisotopic (exact) mass is 293 g/mol. The lowest BCUT2D eigenvalue weighted by atomic mass is 10.2. The van der Waals surface area contributed by atoms with Gasteiger partial charge in [-0.15, -0.1) is 23.7 Å². The lowest BCUT2D eigenvalue weighted by Gasteiger charge is -2.05. The Balaban J connectivity index is 0.00000289. The number of aryl methyl sites for hydroxylation is 1. The quantitative estimate of drug-likeness (QED) is 0.639. The highest BCUT2D eigenvalue weighted by Crippen LogP contribution is 2.27. The van der Waals surface area contributed by atoms with Gasteiger partial charge in [-0.25, -0.2) is 0 Å². The fourth-order valence-electron chi connectivity index (χ4n) is 1.27. The van der Waals surface area contributed by atoms with Crippen molar-refractivity contribution >= 4 is 35.3 Å². The molecule has 1 unspecified atom stereocenters. The number of halogens is 1. The van der Waals surface area contributed by atoms with Crippen LogP contribution in [0.25, 0.3) is 0 Å². The number of thiophene rings is 1. The molecule has 0 radical (unpaired) electrons. The molecular weight excluding hydrogens is 278 g/mol. The summed E-state index contributed by atoms with van der Waals surface area (Å²) in [5.41, 5.74) is 5.54. The van der Waals surface area contributed by atoms with E-state index in [1.54, 1.807) is 6.92 Å². The summed E-state index contributed by atoms with van der Waals surface area (Å²) in [5.74, 6) is -0.285. The molecule has 0 saturated heterocycles. The Labute approximate surface area is 115 Å². The van der Waals surface area contributed by atoms with E-state index in [1.165, 1.54) is 6.07 Å². The van der Waals surface area contributed by atoms with Gasteiger partial charge in [0.05, 0.1) is 14.7 Å². The molecule has 6 nitrogen and oxygen atoms in total. The van der Waals surface area contributed by atoms with Crippen LogP contribution in [0.1, 0.15) is 27.9 Å². The van der Waals surface area contributed by atoms with E-state index in [9.17, 15) is 14.9 Å². The van der Waals surface area contributed by atoms with E-state index in [4.69, 9.17) is 5.73 Å². The fraction of sp³-hybridized carbons (Fsp3) is 0.500. The van der Waals surface area contributed by atoms with Gasteiger partial charge in [0, 0.05) is 18.7 Å². The van der Waals surface area contributed by atoms with Gasteiger partial charge in [0.15, 0.2) is 0 Å². The van der Waals surface area contributed by atoms with Gasteiger partial charge in [-0.2, -0.15) is 0 Å². The average molecular weight is 294 g/mol. The molecule has 0 aliphatic rings. The average Bonchev–Trinajstić information content (AvgIpc) is 2.59. The normalized spacial score (nSPS) is 11.5. The van der Waals surface area contributed by atoms with Crippen LogP contribution in [0.2, 0.25) is 0 Å². The first-order chi connectivity index (χ1) is 7.91. The Morgan fingerprint density at radius 3 is 2.72 bits per heavy atom. The molecule has 3 N–H and O–H groups in total. The second kappa shape index (κ2) is 7.30. The predicted octanol–water partition coefficient (Wildman–Crippen LogP) is 1.85. The van der Waals surface area contributed by atoms with Crippen LogP contribution in [0.5, 0.6) is 0 Å². The van der Waals surface area contributed by atoms with Crippen LogP contribution < -0.4 is 11.1 Å². The zero-order valence-electron chi connectivity index (χ0n) is 10.1. The number of rotatable bonds is 5. The molecule has 0 saturated carbocycles. The van der Waals surface area contributed by atoms with E-state index in [1.807, 2.05) is 6.92 Å². The van der Waals surface area contributed by atoms with Crippen molar-refractivity contribution in [3.63, 3.8) is 0 Å². The number of nitrogens with zero attached hydrogens (tertiary/aromatic N) is 1. The summed E-state index contributed by atoms with van der Waals surface area (Å²) in [6, 6.07) is 1.33. The second-order valence-corrected chi connectivity index (χ2v) is 5.09. The predicted molar refractivity (Wildman–Crippen MR) is 73.6 cm³/mol. The molecule has 1 rings (SSSR count).